The second-order valence-electron chi connectivity index (χ2n) is 11.0. The molecular weight excluding hydrogens is 458 g/mol. The van der Waals surface area contributed by atoms with E-state index in [9.17, 15) is 0 Å². The van der Waals surface area contributed by atoms with Gasteiger partial charge in [-0.15, -0.1) is 0 Å². The first-order valence-corrected chi connectivity index (χ1v) is 13.2. The van der Waals surface area contributed by atoms with Gasteiger partial charge in [0.25, 0.3) is 0 Å². The second kappa shape index (κ2) is 9.12. The van der Waals surface area contributed by atoms with Crippen LogP contribution in [0.15, 0.2) is 67.1 Å². The highest BCUT2D eigenvalue weighted by molar-refractivity contribution is 6.07. The summed E-state index contributed by atoms with van der Waals surface area (Å²) >= 11 is 0. The zero-order chi connectivity index (χ0) is 25.7. The van der Waals surface area contributed by atoms with Gasteiger partial charge in [-0.3, -0.25) is 4.98 Å². The van der Waals surface area contributed by atoms with Gasteiger partial charge in [-0.25, -0.2) is 4.98 Å². The monoisotopic (exact) mass is 493 g/mol. The Morgan fingerprint density at radius 1 is 1.00 bits per heavy atom. The Morgan fingerprint density at radius 2 is 1.76 bits per heavy atom. The van der Waals surface area contributed by atoms with Crippen molar-refractivity contribution >= 4 is 21.9 Å². The third-order valence-electron chi connectivity index (χ3n) is 7.91. The van der Waals surface area contributed by atoms with Crippen LogP contribution in [0.2, 0.25) is 0 Å². The Hall–Kier alpha value is -3.48. The largest absolute Gasteiger partial charge is 0.381 e. The highest BCUT2D eigenvalue weighted by Crippen LogP contribution is 2.42. The molecule has 0 bridgehead atoms. The van der Waals surface area contributed by atoms with Crippen molar-refractivity contribution in [1.82, 2.24) is 19.1 Å². The topological polar surface area (TPSA) is 70.9 Å². The van der Waals surface area contributed by atoms with Crippen LogP contribution in [0.25, 0.3) is 33.2 Å². The molecule has 0 aliphatic carbocycles. The van der Waals surface area contributed by atoms with Gasteiger partial charge in [0.05, 0.1) is 40.3 Å². The van der Waals surface area contributed by atoms with Gasteiger partial charge in [0.15, 0.2) is 0 Å². The van der Waals surface area contributed by atoms with Gasteiger partial charge in [-0.2, -0.15) is 0 Å². The number of hydrogen-bond acceptors (Lipinski definition) is 4. The van der Waals surface area contributed by atoms with Crippen LogP contribution in [0.3, 0.4) is 0 Å². The van der Waals surface area contributed by atoms with Crippen molar-refractivity contribution in [3.8, 4) is 11.3 Å². The molecule has 0 saturated carbocycles. The molecule has 2 aromatic carbocycles. The van der Waals surface area contributed by atoms with Crippen LogP contribution in [-0.4, -0.2) is 32.3 Å². The van der Waals surface area contributed by atoms with Crippen molar-refractivity contribution in [3.63, 3.8) is 0 Å². The molecule has 1 saturated heterocycles. The molecule has 0 radical (unpaired) electrons. The summed E-state index contributed by atoms with van der Waals surface area (Å²) in [5.41, 5.74) is 15.1. The SMILES string of the molecule is Cc1ncn(C)c1-c1cnc2c3ccc(C(C)(C)N)cc3n(C(c3ccccc3)C3CCOCC3)c2c1. The van der Waals surface area contributed by atoms with E-state index in [0.29, 0.717) is 5.92 Å². The molecule has 3 aromatic heterocycles. The minimum absolute atomic E-state index is 0.158. The van der Waals surface area contributed by atoms with Gasteiger partial charge in [0.1, 0.15) is 0 Å². The number of aryl methyl sites for hydroxylation is 2. The lowest BCUT2D eigenvalue weighted by Crippen LogP contribution is -2.29. The first-order valence-electron chi connectivity index (χ1n) is 13.2. The molecule has 2 N–H and O–H groups in total. The van der Waals surface area contributed by atoms with E-state index in [-0.39, 0.29) is 6.04 Å². The molecule has 37 heavy (non-hydrogen) atoms. The molecule has 1 fully saturated rings. The van der Waals surface area contributed by atoms with E-state index in [1.807, 2.05) is 19.6 Å². The van der Waals surface area contributed by atoms with Crippen LogP contribution in [0.5, 0.6) is 0 Å². The molecule has 1 aliphatic heterocycles. The van der Waals surface area contributed by atoms with Crippen LogP contribution in [0.1, 0.15) is 49.6 Å². The van der Waals surface area contributed by atoms with Gasteiger partial charge >= 0.3 is 0 Å². The van der Waals surface area contributed by atoms with Gasteiger partial charge in [-0.1, -0.05) is 42.5 Å². The molecule has 5 aromatic rings. The molecule has 4 heterocycles. The van der Waals surface area contributed by atoms with Crippen molar-refractivity contribution in [2.45, 2.75) is 45.2 Å². The fourth-order valence-corrected chi connectivity index (χ4v) is 6.01. The summed E-state index contributed by atoms with van der Waals surface area (Å²) in [6.07, 6.45) is 5.91. The Morgan fingerprint density at radius 3 is 2.43 bits per heavy atom. The van der Waals surface area contributed by atoms with Crippen molar-refractivity contribution in [2.75, 3.05) is 13.2 Å². The van der Waals surface area contributed by atoms with Crippen molar-refractivity contribution < 1.29 is 4.74 Å². The third kappa shape index (κ3) is 4.14. The summed E-state index contributed by atoms with van der Waals surface area (Å²) < 4.78 is 10.4. The number of fused-ring (bicyclic) bond motifs is 3. The second-order valence-corrected chi connectivity index (χ2v) is 11.0. The average molecular weight is 494 g/mol. The van der Waals surface area contributed by atoms with E-state index in [2.05, 4.69) is 89.5 Å². The molecule has 1 aliphatic rings. The predicted molar refractivity (Wildman–Crippen MR) is 150 cm³/mol. The zero-order valence-corrected chi connectivity index (χ0v) is 22.1. The summed E-state index contributed by atoms with van der Waals surface area (Å²) in [5, 5.41) is 1.16. The number of aromatic nitrogens is 4. The number of hydrogen-bond donors (Lipinski definition) is 1. The summed E-state index contributed by atoms with van der Waals surface area (Å²) in [6, 6.07) is 20.0. The highest BCUT2D eigenvalue weighted by atomic mass is 16.5. The summed E-state index contributed by atoms with van der Waals surface area (Å²) in [7, 11) is 2.04. The average Bonchev–Trinajstić information content (AvgIpc) is 3.40. The third-order valence-corrected chi connectivity index (χ3v) is 7.91. The normalized spacial score (nSPS) is 16.0. The molecule has 6 rings (SSSR count). The lowest BCUT2D eigenvalue weighted by atomic mass is 9.86. The zero-order valence-electron chi connectivity index (χ0n) is 22.1. The molecule has 1 atom stereocenters. The lowest BCUT2D eigenvalue weighted by molar-refractivity contribution is 0.0553. The van der Waals surface area contributed by atoms with E-state index >= 15 is 0 Å². The number of nitrogens with zero attached hydrogens (tertiary/aromatic N) is 4. The molecule has 190 valence electrons. The van der Waals surface area contributed by atoms with Gasteiger partial charge < -0.3 is 19.6 Å². The standard InChI is InChI=1S/C31H35N5O/c1-20-29(35(4)19-34-20)23-16-27-28(33-18-23)25-11-10-24(31(2,3)32)17-26(25)36(27)30(21-8-6-5-7-9-21)22-12-14-37-15-13-22/h5-11,16-19,22,30H,12-15,32H2,1-4H3. The fourth-order valence-electron chi connectivity index (χ4n) is 6.01. The fraction of sp³-hybridized carbons (Fsp3) is 0.355. The smallest absolute Gasteiger partial charge is 0.0960 e. The maximum absolute atomic E-state index is 6.59. The van der Waals surface area contributed by atoms with Crippen LogP contribution < -0.4 is 5.73 Å². The molecule has 0 amide bonds. The molecule has 6 nitrogen and oxygen atoms in total. The Bertz CT molecular complexity index is 1550. The van der Waals surface area contributed by atoms with Crippen molar-refractivity contribution in [2.24, 2.45) is 18.7 Å². The van der Waals surface area contributed by atoms with Crippen LogP contribution >= 0.6 is 0 Å². The lowest BCUT2D eigenvalue weighted by Gasteiger charge is -2.33. The predicted octanol–water partition coefficient (Wildman–Crippen LogP) is 6.11. The first kappa shape index (κ1) is 23.9. The quantitative estimate of drug-likeness (QED) is 0.321. The molecule has 1 unspecified atom stereocenters. The summed E-state index contributed by atoms with van der Waals surface area (Å²) in [6.45, 7) is 7.78. The summed E-state index contributed by atoms with van der Waals surface area (Å²) in [4.78, 5) is 9.60. The van der Waals surface area contributed by atoms with Crippen LogP contribution in [0.4, 0.5) is 0 Å². The number of imidazole rings is 1. The maximum atomic E-state index is 6.59. The number of rotatable bonds is 5. The minimum Gasteiger partial charge on any atom is -0.381 e. The van der Waals surface area contributed by atoms with Crippen LogP contribution in [0, 0.1) is 12.8 Å². The molecule has 0 spiro atoms. The molecular formula is C31H35N5O. The summed E-state index contributed by atoms with van der Waals surface area (Å²) in [5.74, 6) is 0.451. The maximum Gasteiger partial charge on any atom is 0.0960 e. The van der Waals surface area contributed by atoms with Crippen molar-refractivity contribution in [3.05, 3.63) is 83.9 Å². The van der Waals surface area contributed by atoms with Gasteiger partial charge in [0.2, 0.25) is 0 Å². The van der Waals surface area contributed by atoms with Crippen LogP contribution in [-0.2, 0) is 17.3 Å². The van der Waals surface area contributed by atoms with E-state index < -0.39 is 5.54 Å². The minimum atomic E-state index is -0.444. The number of ether oxygens (including phenoxy) is 1. The Balaban J connectivity index is 1.69. The van der Waals surface area contributed by atoms with Crippen molar-refractivity contribution in [1.29, 1.82) is 0 Å². The first-order chi connectivity index (χ1) is 17.8. The van der Waals surface area contributed by atoms with E-state index in [1.54, 1.807) is 0 Å². The van der Waals surface area contributed by atoms with Gasteiger partial charge in [-0.05, 0) is 62.8 Å². The van der Waals surface area contributed by atoms with Gasteiger partial charge in [0, 0.05) is 42.9 Å². The van der Waals surface area contributed by atoms with E-state index in [4.69, 9.17) is 15.5 Å². The number of benzene rings is 2. The Labute approximate surface area is 218 Å². The van der Waals surface area contributed by atoms with E-state index in [0.717, 1.165) is 65.0 Å². The highest BCUT2D eigenvalue weighted by Gasteiger charge is 2.31. The Kier molecular flexibility index (Phi) is 5.89. The number of nitrogens with two attached hydrogens (primary N) is 1. The number of pyridine rings is 1. The molecule has 6 heteroatoms. The van der Waals surface area contributed by atoms with E-state index in [1.165, 1.54) is 11.1 Å².